The molecule has 110 valence electrons. The first-order valence-electron chi connectivity index (χ1n) is 7.82. The number of carbonyl (C=O) groups is 1. The molecular formula is C17H26N2O. The Labute approximate surface area is 122 Å². The van der Waals surface area contributed by atoms with E-state index in [2.05, 4.69) is 31.0 Å². The van der Waals surface area contributed by atoms with Gasteiger partial charge in [0.2, 0.25) is 5.91 Å². The van der Waals surface area contributed by atoms with Crippen LogP contribution < -0.4 is 5.32 Å². The molecule has 0 saturated carbocycles. The Morgan fingerprint density at radius 3 is 2.55 bits per heavy atom. The first-order valence-corrected chi connectivity index (χ1v) is 7.82. The maximum Gasteiger partial charge on any atom is 0.245 e. The summed E-state index contributed by atoms with van der Waals surface area (Å²) in [4.78, 5) is 14.8. The summed E-state index contributed by atoms with van der Waals surface area (Å²) in [5, 5.41) is 3.49. The van der Waals surface area contributed by atoms with Gasteiger partial charge in [-0.1, -0.05) is 57.0 Å². The molecule has 3 atom stereocenters. The summed E-state index contributed by atoms with van der Waals surface area (Å²) in [5.41, 5.74) is 1.07. The lowest BCUT2D eigenvalue weighted by Gasteiger charge is -2.29. The van der Waals surface area contributed by atoms with Crippen molar-refractivity contribution in [2.24, 2.45) is 0 Å². The maximum absolute atomic E-state index is 12.7. The van der Waals surface area contributed by atoms with E-state index in [9.17, 15) is 4.79 Å². The topological polar surface area (TPSA) is 32.3 Å². The highest BCUT2D eigenvalue weighted by Gasteiger charge is 2.40. The largest absolute Gasteiger partial charge is 0.323 e. The summed E-state index contributed by atoms with van der Waals surface area (Å²) in [6.45, 7) is 6.50. The van der Waals surface area contributed by atoms with E-state index in [-0.39, 0.29) is 18.1 Å². The van der Waals surface area contributed by atoms with Crippen LogP contribution in [0.1, 0.15) is 58.1 Å². The van der Waals surface area contributed by atoms with Gasteiger partial charge in [0.1, 0.15) is 6.04 Å². The summed E-state index contributed by atoms with van der Waals surface area (Å²) in [7, 11) is 0. The van der Waals surface area contributed by atoms with Crippen LogP contribution >= 0.6 is 0 Å². The van der Waals surface area contributed by atoms with Crippen LogP contribution in [-0.4, -0.2) is 23.0 Å². The van der Waals surface area contributed by atoms with Crippen molar-refractivity contribution in [3.63, 3.8) is 0 Å². The van der Waals surface area contributed by atoms with Gasteiger partial charge in [-0.25, -0.2) is 0 Å². The van der Waals surface area contributed by atoms with Crippen molar-refractivity contribution < 1.29 is 4.79 Å². The molecule has 0 spiro atoms. The van der Waals surface area contributed by atoms with E-state index in [1.54, 1.807) is 0 Å². The Bertz CT molecular complexity index is 432. The van der Waals surface area contributed by atoms with Crippen molar-refractivity contribution >= 4 is 5.91 Å². The molecule has 1 aromatic carbocycles. The number of amides is 1. The molecule has 1 heterocycles. The van der Waals surface area contributed by atoms with E-state index in [1.165, 1.54) is 12.8 Å². The minimum atomic E-state index is -0.176. The second-order valence-corrected chi connectivity index (χ2v) is 5.67. The monoisotopic (exact) mass is 274 g/mol. The van der Waals surface area contributed by atoms with Crippen LogP contribution in [0, 0.1) is 0 Å². The van der Waals surface area contributed by atoms with E-state index in [4.69, 9.17) is 0 Å². The highest BCUT2D eigenvalue weighted by Crippen LogP contribution is 2.28. The van der Waals surface area contributed by atoms with Gasteiger partial charge >= 0.3 is 0 Å². The second-order valence-electron chi connectivity index (χ2n) is 5.67. The van der Waals surface area contributed by atoms with Crippen molar-refractivity contribution in [1.29, 1.82) is 0 Å². The second kappa shape index (κ2) is 6.89. The minimum Gasteiger partial charge on any atom is -0.323 e. The predicted octanol–water partition coefficient (Wildman–Crippen LogP) is 3.47. The Hall–Kier alpha value is -1.35. The highest BCUT2D eigenvalue weighted by molar-refractivity contribution is 5.86. The quantitative estimate of drug-likeness (QED) is 0.861. The van der Waals surface area contributed by atoms with Gasteiger partial charge in [0.15, 0.2) is 0 Å². The fourth-order valence-corrected chi connectivity index (χ4v) is 3.01. The fourth-order valence-electron chi connectivity index (χ4n) is 3.01. The molecular weight excluding hydrogens is 248 g/mol. The predicted molar refractivity (Wildman–Crippen MR) is 82.2 cm³/mol. The lowest BCUT2D eigenvalue weighted by atomic mass is 10.1. The van der Waals surface area contributed by atoms with Gasteiger partial charge in [-0.3, -0.25) is 10.1 Å². The molecule has 1 amide bonds. The molecule has 1 aliphatic rings. The van der Waals surface area contributed by atoms with Gasteiger partial charge in [-0.15, -0.1) is 0 Å². The standard InChI is InChI=1S/C17H26N2O/c1-4-6-10-13(3)19-15(5-2)18-16(17(19)20)14-11-8-7-9-12-14/h7-9,11-13,15-16,18H,4-6,10H2,1-3H3. The molecule has 0 radical (unpaired) electrons. The van der Waals surface area contributed by atoms with Crippen molar-refractivity contribution in [1.82, 2.24) is 10.2 Å². The van der Waals surface area contributed by atoms with E-state index >= 15 is 0 Å². The molecule has 0 bridgehead atoms. The highest BCUT2D eigenvalue weighted by atomic mass is 16.2. The van der Waals surface area contributed by atoms with Gasteiger partial charge in [-0.05, 0) is 25.3 Å². The van der Waals surface area contributed by atoms with E-state index in [0.29, 0.717) is 6.04 Å². The first-order chi connectivity index (χ1) is 9.69. The smallest absolute Gasteiger partial charge is 0.245 e. The molecule has 20 heavy (non-hydrogen) atoms. The van der Waals surface area contributed by atoms with Crippen molar-refractivity contribution in [3.05, 3.63) is 35.9 Å². The molecule has 1 N–H and O–H groups in total. The Morgan fingerprint density at radius 2 is 1.95 bits per heavy atom. The number of hydrogen-bond acceptors (Lipinski definition) is 2. The van der Waals surface area contributed by atoms with Crippen LogP contribution in [0.4, 0.5) is 0 Å². The number of rotatable bonds is 6. The van der Waals surface area contributed by atoms with Crippen LogP contribution in [0.25, 0.3) is 0 Å². The molecule has 1 aromatic rings. The molecule has 0 aromatic heterocycles. The zero-order chi connectivity index (χ0) is 14.5. The van der Waals surface area contributed by atoms with Crippen LogP contribution in [0.3, 0.4) is 0 Å². The zero-order valence-corrected chi connectivity index (χ0v) is 12.8. The summed E-state index contributed by atoms with van der Waals surface area (Å²) in [6.07, 6.45) is 4.56. The SMILES string of the molecule is CCCCC(C)N1C(=O)C(c2ccccc2)NC1CC. The zero-order valence-electron chi connectivity index (χ0n) is 12.8. The molecule has 2 rings (SSSR count). The lowest BCUT2D eigenvalue weighted by molar-refractivity contribution is -0.132. The van der Waals surface area contributed by atoms with E-state index < -0.39 is 0 Å². The van der Waals surface area contributed by atoms with Gasteiger partial charge in [0.05, 0.1) is 6.17 Å². The Balaban J connectivity index is 2.15. The molecule has 3 heteroatoms. The van der Waals surface area contributed by atoms with Gasteiger partial charge in [0, 0.05) is 6.04 Å². The molecule has 1 saturated heterocycles. The number of hydrogen-bond donors (Lipinski definition) is 1. The average Bonchev–Trinajstić information content (AvgIpc) is 2.82. The third-order valence-electron chi connectivity index (χ3n) is 4.17. The molecule has 0 aliphatic carbocycles. The van der Waals surface area contributed by atoms with Crippen LogP contribution in [0.2, 0.25) is 0 Å². The van der Waals surface area contributed by atoms with Crippen molar-refractivity contribution in [2.45, 2.75) is 64.7 Å². The fraction of sp³-hybridized carbons (Fsp3) is 0.588. The van der Waals surface area contributed by atoms with E-state index in [0.717, 1.165) is 18.4 Å². The number of unbranched alkanes of at least 4 members (excludes halogenated alkanes) is 1. The third-order valence-corrected chi connectivity index (χ3v) is 4.17. The first kappa shape index (κ1) is 15.0. The number of benzene rings is 1. The number of carbonyl (C=O) groups excluding carboxylic acids is 1. The summed E-state index contributed by atoms with van der Waals surface area (Å²) in [5.74, 6) is 0.228. The van der Waals surface area contributed by atoms with Crippen molar-refractivity contribution in [2.75, 3.05) is 0 Å². The summed E-state index contributed by atoms with van der Waals surface area (Å²) in [6, 6.07) is 10.2. The molecule has 1 aliphatic heterocycles. The number of nitrogens with zero attached hydrogens (tertiary/aromatic N) is 1. The van der Waals surface area contributed by atoms with Crippen molar-refractivity contribution in [3.8, 4) is 0 Å². The van der Waals surface area contributed by atoms with Crippen LogP contribution in [0.5, 0.6) is 0 Å². The summed E-state index contributed by atoms with van der Waals surface area (Å²) < 4.78 is 0. The van der Waals surface area contributed by atoms with Gasteiger partial charge in [-0.2, -0.15) is 0 Å². The van der Waals surface area contributed by atoms with E-state index in [1.807, 2.05) is 30.3 Å². The Kier molecular flexibility index (Phi) is 5.18. The van der Waals surface area contributed by atoms with Gasteiger partial charge in [0.25, 0.3) is 0 Å². The van der Waals surface area contributed by atoms with Gasteiger partial charge < -0.3 is 4.90 Å². The molecule has 1 fully saturated rings. The van der Waals surface area contributed by atoms with Crippen LogP contribution in [-0.2, 0) is 4.79 Å². The maximum atomic E-state index is 12.7. The molecule has 3 nitrogen and oxygen atoms in total. The number of nitrogens with one attached hydrogen (secondary N) is 1. The van der Waals surface area contributed by atoms with Crippen LogP contribution in [0.15, 0.2) is 30.3 Å². The third kappa shape index (κ3) is 3.04. The normalized spacial score (nSPS) is 24.1. The summed E-state index contributed by atoms with van der Waals surface area (Å²) >= 11 is 0. The lowest BCUT2D eigenvalue weighted by Crippen LogP contribution is -2.42. The minimum absolute atomic E-state index is 0.166. The average molecular weight is 274 g/mol. The Morgan fingerprint density at radius 1 is 1.25 bits per heavy atom. The molecule has 3 unspecified atom stereocenters.